The van der Waals surface area contributed by atoms with Crippen molar-refractivity contribution in [2.45, 2.75) is 57.2 Å². The first kappa shape index (κ1) is 15.1. The molecule has 1 amide bonds. The third kappa shape index (κ3) is 3.04. The Balaban J connectivity index is 1.80. The van der Waals surface area contributed by atoms with Crippen molar-refractivity contribution in [1.82, 2.24) is 14.8 Å². The Morgan fingerprint density at radius 2 is 2.10 bits per heavy atom. The van der Waals surface area contributed by atoms with Crippen molar-refractivity contribution in [3.8, 4) is 0 Å². The van der Waals surface area contributed by atoms with Crippen LogP contribution in [0.1, 0.15) is 49.5 Å². The van der Waals surface area contributed by atoms with Gasteiger partial charge in [-0.3, -0.25) is 4.79 Å². The van der Waals surface area contributed by atoms with Crippen molar-refractivity contribution in [3.05, 3.63) is 22.4 Å². The van der Waals surface area contributed by atoms with E-state index in [0.29, 0.717) is 18.1 Å². The monoisotopic (exact) mass is 353 g/mol. The topological polar surface area (TPSA) is 37.3 Å². The fourth-order valence-corrected chi connectivity index (χ4v) is 4.38. The molecule has 0 aliphatic carbocycles. The first-order valence-electron chi connectivity index (χ1n) is 7.97. The van der Waals surface area contributed by atoms with E-state index in [1.54, 1.807) is 0 Å². The van der Waals surface area contributed by atoms with Crippen LogP contribution >= 0.6 is 15.9 Å². The van der Waals surface area contributed by atoms with Crippen LogP contribution in [0.3, 0.4) is 0 Å². The number of halogens is 1. The summed E-state index contributed by atoms with van der Waals surface area (Å²) in [7, 11) is 1.94. The van der Waals surface area contributed by atoms with Gasteiger partial charge in [-0.25, -0.2) is 0 Å². The van der Waals surface area contributed by atoms with E-state index in [0.717, 1.165) is 36.0 Å². The van der Waals surface area contributed by atoms with Crippen LogP contribution in [-0.4, -0.2) is 40.0 Å². The summed E-state index contributed by atoms with van der Waals surface area (Å²) < 4.78 is 2.89. The number of aryl methyl sites for hydroxylation is 1. The minimum absolute atomic E-state index is 0.177. The highest BCUT2D eigenvalue weighted by atomic mass is 79.9. The van der Waals surface area contributed by atoms with Gasteiger partial charge in [0.15, 0.2) is 0 Å². The second kappa shape index (κ2) is 6.13. The first-order valence-corrected chi connectivity index (χ1v) is 8.76. The third-order valence-corrected chi connectivity index (χ3v) is 5.24. The second-order valence-electron chi connectivity index (χ2n) is 6.42. The van der Waals surface area contributed by atoms with Crippen molar-refractivity contribution in [2.75, 3.05) is 6.54 Å². The van der Waals surface area contributed by atoms with Gasteiger partial charge in [0.25, 0.3) is 5.91 Å². The number of nitrogens with zero attached hydrogens (tertiary/aromatic N) is 2. The largest absolute Gasteiger partial charge is 0.345 e. The van der Waals surface area contributed by atoms with Crippen LogP contribution in [0.25, 0.3) is 0 Å². The zero-order valence-electron chi connectivity index (χ0n) is 12.8. The standard InChI is InChI=1S/C16H24BrN3O/c1-3-6-20(14-8-12-4-5-13(9-14)18-12)16(21)15-7-11(17)10-19(15)2/h7,10,12-14,18H,3-6,8-9H2,1-2H3. The van der Waals surface area contributed by atoms with E-state index in [-0.39, 0.29) is 5.91 Å². The molecule has 0 radical (unpaired) electrons. The molecule has 3 rings (SSSR count). The van der Waals surface area contributed by atoms with Crippen molar-refractivity contribution in [1.29, 1.82) is 0 Å². The molecule has 2 fully saturated rings. The lowest BCUT2D eigenvalue weighted by atomic mass is 9.97. The highest BCUT2D eigenvalue weighted by Crippen LogP contribution is 2.31. The summed E-state index contributed by atoms with van der Waals surface area (Å²) in [5.41, 5.74) is 0.779. The smallest absolute Gasteiger partial charge is 0.270 e. The van der Waals surface area contributed by atoms with Gasteiger partial charge in [0.05, 0.1) is 0 Å². The minimum atomic E-state index is 0.177. The molecule has 0 spiro atoms. The van der Waals surface area contributed by atoms with Crippen LogP contribution in [0, 0.1) is 0 Å². The second-order valence-corrected chi connectivity index (χ2v) is 7.33. The summed E-state index contributed by atoms with van der Waals surface area (Å²) in [5, 5.41) is 3.66. The minimum Gasteiger partial charge on any atom is -0.345 e. The van der Waals surface area contributed by atoms with Gasteiger partial charge in [-0.1, -0.05) is 6.92 Å². The number of carbonyl (C=O) groups excluding carboxylic acids is 1. The number of nitrogens with one attached hydrogen (secondary N) is 1. The van der Waals surface area contributed by atoms with Gasteiger partial charge in [0, 0.05) is 42.4 Å². The number of fused-ring (bicyclic) bond motifs is 2. The molecule has 5 heteroatoms. The molecular formula is C16H24BrN3O. The maximum atomic E-state index is 13.0. The fourth-order valence-electron chi connectivity index (χ4n) is 3.86. The molecular weight excluding hydrogens is 330 g/mol. The van der Waals surface area contributed by atoms with Gasteiger partial charge in [0.2, 0.25) is 0 Å². The molecule has 1 aromatic heterocycles. The van der Waals surface area contributed by atoms with E-state index in [2.05, 4.69) is 33.1 Å². The van der Waals surface area contributed by atoms with Crippen LogP contribution < -0.4 is 5.32 Å². The Hall–Kier alpha value is -0.810. The summed E-state index contributed by atoms with van der Waals surface area (Å²) in [6.45, 7) is 3.00. The molecule has 2 aliphatic heterocycles. The number of hydrogen-bond acceptors (Lipinski definition) is 2. The maximum Gasteiger partial charge on any atom is 0.270 e. The van der Waals surface area contributed by atoms with Crippen LogP contribution in [0.5, 0.6) is 0 Å². The highest BCUT2D eigenvalue weighted by Gasteiger charge is 2.37. The molecule has 0 saturated carbocycles. The number of rotatable bonds is 4. The number of carbonyl (C=O) groups is 1. The molecule has 2 atom stereocenters. The van der Waals surface area contributed by atoms with Crippen molar-refractivity contribution >= 4 is 21.8 Å². The molecule has 116 valence electrons. The molecule has 0 aromatic carbocycles. The molecule has 21 heavy (non-hydrogen) atoms. The summed E-state index contributed by atoms with van der Waals surface area (Å²) in [6, 6.07) is 3.55. The van der Waals surface area contributed by atoms with Crippen LogP contribution in [0.2, 0.25) is 0 Å². The average Bonchev–Trinajstić information content (AvgIpc) is 2.97. The Bertz CT molecular complexity index is 516. The van der Waals surface area contributed by atoms with E-state index in [9.17, 15) is 4.79 Å². The zero-order valence-corrected chi connectivity index (χ0v) is 14.4. The lowest BCUT2D eigenvalue weighted by Gasteiger charge is -2.37. The molecule has 3 heterocycles. The highest BCUT2D eigenvalue weighted by molar-refractivity contribution is 9.10. The van der Waals surface area contributed by atoms with Gasteiger partial charge in [-0.05, 0) is 54.1 Å². The van der Waals surface area contributed by atoms with Gasteiger partial charge < -0.3 is 14.8 Å². The maximum absolute atomic E-state index is 13.0. The van der Waals surface area contributed by atoms with Gasteiger partial charge in [0.1, 0.15) is 5.69 Å². The number of hydrogen-bond donors (Lipinski definition) is 1. The van der Waals surface area contributed by atoms with Gasteiger partial charge >= 0.3 is 0 Å². The normalized spacial score (nSPS) is 27.9. The van der Waals surface area contributed by atoms with Crippen molar-refractivity contribution in [3.63, 3.8) is 0 Å². The van der Waals surface area contributed by atoms with E-state index in [4.69, 9.17) is 0 Å². The SMILES string of the molecule is CCCN(C(=O)c1cc(Br)cn1C)C1CC2CCC(C1)N2. The molecule has 2 aliphatic rings. The van der Waals surface area contributed by atoms with Gasteiger partial charge in [-0.15, -0.1) is 0 Å². The lowest BCUT2D eigenvalue weighted by molar-refractivity contribution is 0.0607. The van der Waals surface area contributed by atoms with Crippen molar-refractivity contribution < 1.29 is 4.79 Å². The predicted octanol–water partition coefficient (Wildman–Crippen LogP) is 2.92. The lowest BCUT2D eigenvalue weighted by Crippen LogP contribution is -2.50. The molecule has 2 saturated heterocycles. The van der Waals surface area contributed by atoms with Crippen LogP contribution in [-0.2, 0) is 7.05 Å². The zero-order chi connectivity index (χ0) is 15.0. The summed E-state index contributed by atoms with van der Waals surface area (Å²) in [4.78, 5) is 15.1. The number of piperidine rings is 1. The van der Waals surface area contributed by atoms with E-state index < -0.39 is 0 Å². The fraction of sp³-hybridized carbons (Fsp3) is 0.688. The quantitative estimate of drug-likeness (QED) is 0.903. The average molecular weight is 354 g/mol. The summed E-state index contributed by atoms with van der Waals surface area (Å²) in [6.07, 6.45) is 7.71. The van der Waals surface area contributed by atoms with Gasteiger partial charge in [-0.2, -0.15) is 0 Å². The van der Waals surface area contributed by atoms with Crippen LogP contribution in [0.15, 0.2) is 16.7 Å². The number of amides is 1. The molecule has 2 bridgehead atoms. The summed E-state index contributed by atoms with van der Waals surface area (Å²) >= 11 is 3.46. The van der Waals surface area contributed by atoms with Crippen molar-refractivity contribution in [2.24, 2.45) is 7.05 Å². The van der Waals surface area contributed by atoms with E-state index in [1.807, 2.05) is 23.9 Å². The predicted molar refractivity (Wildman–Crippen MR) is 87.4 cm³/mol. The molecule has 2 unspecified atom stereocenters. The third-order valence-electron chi connectivity index (χ3n) is 4.81. The first-order chi connectivity index (χ1) is 10.1. The summed E-state index contributed by atoms with van der Waals surface area (Å²) in [5.74, 6) is 0.177. The Kier molecular flexibility index (Phi) is 4.41. The number of aromatic nitrogens is 1. The molecule has 4 nitrogen and oxygen atoms in total. The Morgan fingerprint density at radius 1 is 1.43 bits per heavy atom. The molecule has 1 aromatic rings. The Labute approximate surface area is 135 Å². The van der Waals surface area contributed by atoms with E-state index in [1.165, 1.54) is 12.8 Å². The molecule has 1 N–H and O–H groups in total. The Morgan fingerprint density at radius 3 is 2.62 bits per heavy atom. The van der Waals surface area contributed by atoms with E-state index >= 15 is 0 Å². The van der Waals surface area contributed by atoms with Crippen LogP contribution in [0.4, 0.5) is 0 Å².